The van der Waals surface area contributed by atoms with Crippen LogP contribution in [0, 0.1) is 11.8 Å². The number of aliphatic hydroxyl groups is 2. The average molecular weight is 339 g/mol. The molecule has 0 aromatic rings. The minimum atomic E-state index is -0.111. The highest BCUT2D eigenvalue weighted by molar-refractivity contribution is 4.96. The van der Waals surface area contributed by atoms with Gasteiger partial charge in [-0.2, -0.15) is 0 Å². The van der Waals surface area contributed by atoms with E-state index in [1.54, 1.807) is 0 Å². The number of hydrogen-bond acceptors (Lipinski definition) is 3. The van der Waals surface area contributed by atoms with Gasteiger partial charge in [0.15, 0.2) is 0 Å². The van der Waals surface area contributed by atoms with Gasteiger partial charge >= 0.3 is 0 Å². The Balaban J connectivity index is 1.68. The van der Waals surface area contributed by atoms with Crippen molar-refractivity contribution in [1.29, 1.82) is 0 Å². The summed E-state index contributed by atoms with van der Waals surface area (Å²) in [5, 5.41) is 19.0. The van der Waals surface area contributed by atoms with Crippen molar-refractivity contribution in [3.05, 3.63) is 12.2 Å². The van der Waals surface area contributed by atoms with Crippen LogP contribution in [-0.4, -0.2) is 35.1 Å². The Morgan fingerprint density at radius 2 is 1.71 bits per heavy atom. The van der Waals surface area contributed by atoms with Crippen molar-refractivity contribution in [2.45, 2.75) is 102 Å². The monoisotopic (exact) mass is 338 g/mol. The van der Waals surface area contributed by atoms with Crippen molar-refractivity contribution in [2.75, 3.05) is 6.61 Å². The molecule has 0 spiro atoms. The molecular formula is C21H38O3. The van der Waals surface area contributed by atoms with E-state index >= 15 is 0 Å². The molecule has 0 saturated carbocycles. The largest absolute Gasteiger partial charge is 0.393 e. The van der Waals surface area contributed by atoms with Crippen LogP contribution in [0.5, 0.6) is 0 Å². The molecule has 2 heterocycles. The topological polar surface area (TPSA) is 49.7 Å². The molecule has 0 aromatic heterocycles. The number of hydrogen-bond donors (Lipinski definition) is 2. The van der Waals surface area contributed by atoms with Crippen molar-refractivity contribution in [1.82, 2.24) is 0 Å². The van der Waals surface area contributed by atoms with Crippen LogP contribution in [0.15, 0.2) is 12.2 Å². The van der Waals surface area contributed by atoms with Gasteiger partial charge in [-0.05, 0) is 63.2 Å². The lowest BCUT2D eigenvalue weighted by molar-refractivity contribution is 0.0825. The Bertz CT molecular complexity index is 355. The summed E-state index contributed by atoms with van der Waals surface area (Å²) in [5.74, 6) is 1.39. The predicted molar refractivity (Wildman–Crippen MR) is 99.0 cm³/mol. The molecule has 2 aliphatic rings. The predicted octanol–water partition coefficient (Wildman–Crippen LogP) is 4.61. The molecule has 24 heavy (non-hydrogen) atoms. The lowest BCUT2D eigenvalue weighted by Gasteiger charge is -2.28. The molecule has 5 atom stereocenters. The van der Waals surface area contributed by atoms with E-state index in [4.69, 9.17) is 9.84 Å². The molecule has 0 amide bonds. The Kier molecular flexibility index (Phi) is 9.37. The molecule has 2 rings (SSSR count). The third-order valence-corrected chi connectivity index (χ3v) is 5.99. The van der Waals surface area contributed by atoms with Gasteiger partial charge in [0.2, 0.25) is 0 Å². The van der Waals surface area contributed by atoms with Crippen LogP contribution < -0.4 is 0 Å². The summed E-state index contributed by atoms with van der Waals surface area (Å²) in [6.45, 7) is 2.37. The maximum Gasteiger partial charge on any atom is 0.0612 e. The first-order chi connectivity index (χ1) is 11.8. The van der Waals surface area contributed by atoms with E-state index in [1.165, 1.54) is 44.9 Å². The van der Waals surface area contributed by atoms with Gasteiger partial charge in [0, 0.05) is 0 Å². The number of unbranched alkanes of at least 4 members (excludes halogenated alkanes) is 4. The summed E-state index contributed by atoms with van der Waals surface area (Å²) in [5.41, 5.74) is 0. The summed E-state index contributed by atoms with van der Waals surface area (Å²) in [7, 11) is 0. The first-order valence-corrected chi connectivity index (χ1v) is 10.4. The number of ether oxygens (including phenoxy) is 1. The van der Waals surface area contributed by atoms with Crippen LogP contribution in [0.3, 0.4) is 0 Å². The molecule has 3 heteroatoms. The first kappa shape index (κ1) is 19.9. The SMILES string of the molecule is CCCCCC(O)CC[C@H]1[C@@H](CCCCC=CCO)[C@H]2CC[C@@H]1O2. The Morgan fingerprint density at radius 1 is 0.958 bits per heavy atom. The fourth-order valence-electron chi connectivity index (χ4n) is 4.66. The fourth-order valence-corrected chi connectivity index (χ4v) is 4.66. The highest BCUT2D eigenvalue weighted by atomic mass is 16.5. The van der Waals surface area contributed by atoms with E-state index in [2.05, 4.69) is 13.0 Å². The van der Waals surface area contributed by atoms with E-state index in [-0.39, 0.29) is 12.7 Å². The third-order valence-electron chi connectivity index (χ3n) is 5.99. The zero-order chi connectivity index (χ0) is 17.2. The van der Waals surface area contributed by atoms with E-state index in [0.29, 0.717) is 24.0 Å². The number of aliphatic hydroxyl groups excluding tert-OH is 2. The summed E-state index contributed by atoms with van der Waals surface area (Å²) >= 11 is 0. The van der Waals surface area contributed by atoms with Crippen LogP contribution in [0.1, 0.15) is 84.0 Å². The Labute approximate surface area is 148 Å². The highest BCUT2D eigenvalue weighted by Crippen LogP contribution is 2.47. The van der Waals surface area contributed by atoms with Gasteiger partial charge in [-0.3, -0.25) is 0 Å². The second kappa shape index (κ2) is 11.3. The molecule has 0 radical (unpaired) electrons. The first-order valence-electron chi connectivity index (χ1n) is 10.4. The van der Waals surface area contributed by atoms with Gasteiger partial charge in [0.25, 0.3) is 0 Å². The molecule has 0 aliphatic carbocycles. The maximum atomic E-state index is 10.2. The molecule has 0 aromatic carbocycles. The standard InChI is InChI=1S/C21H38O3/c1-2-3-7-10-17(23)12-13-19-18(20-14-15-21(19)24-20)11-8-5-4-6-9-16-22/h6,9,17-23H,2-5,7-8,10-16H2,1H3/t17?,18-,19+,20-,21+/m1/s1. The van der Waals surface area contributed by atoms with E-state index in [0.717, 1.165) is 32.1 Å². The van der Waals surface area contributed by atoms with Gasteiger partial charge in [-0.15, -0.1) is 0 Å². The molecule has 1 unspecified atom stereocenters. The molecule has 140 valence electrons. The summed E-state index contributed by atoms with van der Waals surface area (Å²) in [6.07, 6.45) is 18.7. The van der Waals surface area contributed by atoms with Crippen LogP contribution >= 0.6 is 0 Å². The fraction of sp³-hybridized carbons (Fsp3) is 0.905. The average Bonchev–Trinajstić information content (AvgIpc) is 3.18. The second-order valence-electron chi connectivity index (χ2n) is 7.78. The van der Waals surface area contributed by atoms with Crippen molar-refractivity contribution < 1.29 is 14.9 Å². The molecule has 2 saturated heterocycles. The highest BCUT2D eigenvalue weighted by Gasteiger charge is 2.47. The molecule has 2 bridgehead atoms. The van der Waals surface area contributed by atoms with Crippen LogP contribution in [-0.2, 0) is 4.74 Å². The van der Waals surface area contributed by atoms with Gasteiger partial charge in [0.1, 0.15) is 0 Å². The third kappa shape index (κ3) is 6.16. The van der Waals surface area contributed by atoms with Crippen LogP contribution in [0.4, 0.5) is 0 Å². The van der Waals surface area contributed by atoms with Crippen LogP contribution in [0.25, 0.3) is 0 Å². The quantitative estimate of drug-likeness (QED) is 0.381. The maximum absolute atomic E-state index is 10.2. The van der Waals surface area contributed by atoms with E-state index in [1.807, 2.05) is 6.08 Å². The van der Waals surface area contributed by atoms with Gasteiger partial charge in [-0.1, -0.05) is 44.8 Å². The van der Waals surface area contributed by atoms with Crippen LogP contribution in [0.2, 0.25) is 0 Å². The summed E-state index contributed by atoms with van der Waals surface area (Å²) < 4.78 is 6.20. The van der Waals surface area contributed by atoms with Crippen molar-refractivity contribution in [3.63, 3.8) is 0 Å². The van der Waals surface area contributed by atoms with Crippen molar-refractivity contribution in [3.8, 4) is 0 Å². The Morgan fingerprint density at radius 3 is 2.42 bits per heavy atom. The molecule has 3 nitrogen and oxygen atoms in total. The molecule has 2 fully saturated rings. The minimum absolute atomic E-state index is 0.111. The van der Waals surface area contributed by atoms with E-state index < -0.39 is 0 Å². The Hall–Kier alpha value is -0.380. The normalized spacial score (nSPS) is 30.5. The zero-order valence-electron chi connectivity index (χ0n) is 15.5. The number of allylic oxidation sites excluding steroid dienone is 1. The van der Waals surface area contributed by atoms with Gasteiger partial charge in [0.05, 0.1) is 24.9 Å². The van der Waals surface area contributed by atoms with E-state index in [9.17, 15) is 5.11 Å². The van der Waals surface area contributed by atoms with Crippen molar-refractivity contribution >= 4 is 0 Å². The molecule has 2 N–H and O–H groups in total. The van der Waals surface area contributed by atoms with Crippen molar-refractivity contribution in [2.24, 2.45) is 11.8 Å². The smallest absolute Gasteiger partial charge is 0.0612 e. The lowest BCUT2D eigenvalue weighted by atomic mass is 9.74. The minimum Gasteiger partial charge on any atom is -0.393 e. The second-order valence-corrected chi connectivity index (χ2v) is 7.78. The summed E-state index contributed by atoms with van der Waals surface area (Å²) in [4.78, 5) is 0. The number of fused-ring (bicyclic) bond motifs is 2. The lowest BCUT2D eigenvalue weighted by Crippen LogP contribution is -2.28. The molecular weight excluding hydrogens is 300 g/mol. The van der Waals surface area contributed by atoms with Gasteiger partial charge < -0.3 is 14.9 Å². The zero-order valence-corrected chi connectivity index (χ0v) is 15.5. The molecule has 2 aliphatic heterocycles. The summed E-state index contributed by atoms with van der Waals surface area (Å²) in [6, 6.07) is 0. The van der Waals surface area contributed by atoms with Gasteiger partial charge in [-0.25, -0.2) is 0 Å². The number of rotatable bonds is 13.